The van der Waals surface area contributed by atoms with E-state index in [1.54, 1.807) is 11.8 Å². The number of piperazine rings is 1. The Labute approximate surface area is 176 Å². The van der Waals surface area contributed by atoms with Crippen molar-refractivity contribution in [3.05, 3.63) is 35.4 Å². The van der Waals surface area contributed by atoms with Crippen LogP contribution in [0, 0.1) is 0 Å². The Morgan fingerprint density at radius 2 is 1.97 bits per heavy atom. The fourth-order valence-electron chi connectivity index (χ4n) is 3.63. The molecule has 0 aromatic heterocycles. The quantitative estimate of drug-likeness (QED) is 0.495. The van der Waals surface area contributed by atoms with Crippen LogP contribution in [-0.2, 0) is 14.3 Å². The first kappa shape index (κ1) is 21.5. The Morgan fingerprint density at radius 1 is 1.21 bits per heavy atom. The molecular weight excluding hydrogens is 390 g/mol. The van der Waals surface area contributed by atoms with Crippen LogP contribution in [0.15, 0.2) is 35.4 Å². The monoisotopic (exact) mass is 420 g/mol. The van der Waals surface area contributed by atoms with Gasteiger partial charge in [0.25, 0.3) is 0 Å². The van der Waals surface area contributed by atoms with Gasteiger partial charge < -0.3 is 24.2 Å². The molecule has 0 bridgehead atoms. The molecule has 158 valence electrons. The van der Waals surface area contributed by atoms with Crippen LogP contribution in [0.4, 0.5) is 5.69 Å². The van der Waals surface area contributed by atoms with E-state index in [0.717, 1.165) is 44.2 Å². The van der Waals surface area contributed by atoms with Crippen LogP contribution in [0.1, 0.15) is 13.8 Å². The normalized spacial score (nSPS) is 19.1. The number of benzene rings is 1. The van der Waals surface area contributed by atoms with E-state index in [1.807, 2.05) is 25.1 Å². The average Bonchev–Trinajstić information content (AvgIpc) is 3.07. The number of amides is 1. The zero-order valence-electron chi connectivity index (χ0n) is 17.2. The van der Waals surface area contributed by atoms with Gasteiger partial charge in [-0.2, -0.15) is 0 Å². The molecule has 29 heavy (non-hydrogen) atoms. The molecule has 7 nitrogen and oxygen atoms in total. The van der Waals surface area contributed by atoms with E-state index in [2.05, 4.69) is 11.0 Å². The van der Waals surface area contributed by atoms with Crippen molar-refractivity contribution in [1.82, 2.24) is 4.90 Å². The van der Waals surface area contributed by atoms with E-state index in [1.165, 1.54) is 22.7 Å². The Morgan fingerprint density at radius 3 is 2.69 bits per heavy atom. The van der Waals surface area contributed by atoms with Gasteiger partial charge in [-0.15, -0.1) is 0 Å². The Balaban J connectivity index is 1.52. The number of rotatable bonds is 8. The summed E-state index contributed by atoms with van der Waals surface area (Å²) in [5, 5.41) is 0.706. The number of thioether (sulfide) groups is 1. The maximum atomic E-state index is 12.2. The van der Waals surface area contributed by atoms with E-state index in [-0.39, 0.29) is 11.9 Å². The molecule has 0 atom stereocenters. The summed E-state index contributed by atoms with van der Waals surface area (Å²) >= 11 is 1.41. The Kier molecular flexibility index (Phi) is 7.83. The van der Waals surface area contributed by atoms with Crippen LogP contribution in [0.25, 0.3) is 0 Å². The standard InChI is InChI=1S/C21H29N3O4S/c1-3-27-18-8-6-5-7-17(18)23-12-9-22(10-13-23)11-14-24-19(25)16-29-20(24)15-21(26)28-4-2/h5-8,15H,3-4,9-14,16H2,1-2H3/p+1/b20-15-. The number of hydrogen-bond acceptors (Lipinski definition) is 6. The highest BCUT2D eigenvalue weighted by Gasteiger charge is 2.29. The van der Waals surface area contributed by atoms with Gasteiger partial charge in [0, 0.05) is 0 Å². The summed E-state index contributed by atoms with van der Waals surface area (Å²) in [5.41, 5.74) is 1.15. The van der Waals surface area contributed by atoms with Crippen LogP contribution in [0.2, 0.25) is 0 Å². The lowest BCUT2D eigenvalue weighted by molar-refractivity contribution is -0.899. The third-order valence-corrected chi connectivity index (χ3v) is 6.13. The summed E-state index contributed by atoms with van der Waals surface area (Å²) in [5.74, 6) is 1.01. The summed E-state index contributed by atoms with van der Waals surface area (Å²) in [7, 11) is 0. The smallest absolute Gasteiger partial charge is 0.333 e. The van der Waals surface area contributed by atoms with E-state index < -0.39 is 0 Å². The van der Waals surface area contributed by atoms with Crippen LogP contribution < -0.4 is 14.5 Å². The molecule has 0 spiro atoms. The van der Waals surface area contributed by atoms with E-state index in [4.69, 9.17) is 9.47 Å². The van der Waals surface area contributed by atoms with Gasteiger partial charge in [-0.3, -0.25) is 4.79 Å². The van der Waals surface area contributed by atoms with Crippen molar-refractivity contribution in [1.29, 1.82) is 0 Å². The molecule has 0 radical (unpaired) electrons. The second-order valence-corrected chi connectivity index (χ2v) is 7.95. The van der Waals surface area contributed by atoms with Crippen molar-refractivity contribution in [2.24, 2.45) is 0 Å². The lowest BCUT2D eigenvalue weighted by Crippen LogP contribution is -3.15. The van der Waals surface area contributed by atoms with Gasteiger partial charge >= 0.3 is 5.97 Å². The van der Waals surface area contributed by atoms with Crippen molar-refractivity contribution in [2.75, 3.05) is 63.1 Å². The van der Waals surface area contributed by atoms with Crippen LogP contribution in [0.5, 0.6) is 5.75 Å². The zero-order valence-corrected chi connectivity index (χ0v) is 18.0. The van der Waals surface area contributed by atoms with Gasteiger partial charge in [-0.25, -0.2) is 4.79 Å². The van der Waals surface area contributed by atoms with Gasteiger partial charge in [0.15, 0.2) is 0 Å². The van der Waals surface area contributed by atoms with Crippen molar-refractivity contribution in [2.45, 2.75) is 13.8 Å². The molecule has 2 fully saturated rings. The molecule has 1 N–H and O–H groups in total. The van der Waals surface area contributed by atoms with E-state index in [9.17, 15) is 9.59 Å². The molecular formula is C21H30N3O4S+. The van der Waals surface area contributed by atoms with Crippen molar-refractivity contribution >= 4 is 29.3 Å². The average molecular weight is 421 g/mol. The van der Waals surface area contributed by atoms with Crippen LogP contribution >= 0.6 is 11.8 Å². The van der Waals surface area contributed by atoms with Crippen LogP contribution in [0.3, 0.4) is 0 Å². The number of carbonyl (C=O) groups excluding carboxylic acids is 2. The topological polar surface area (TPSA) is 63.5 Å². The highest BCUT2D eigenvalue weighted by Crippen LogP contribution is 2.29. The van der Waals surface area contributed by atoms with Crippen molar-refractivity contribution in [3.63, 3.8) is 0 Å². The van der Waals surface area contributed by atoms with Gasteiger partial charge in [0.2, 0.25) is 5.91 Å². The molecule has 3 rings (SSSR count). The predicted octanol–water partition coefficient (Wildman–Crippen LogP) is 0.770. The van der Waals surface area contributed by atoms with Crippen molar-refractivity contribution in [3.8, 4) is 5.75 Å². The summed E-state index contributed by atoms with van der Waals surface area (Å²) in [6.45, 7) is 10.2. The highest BCUT2D eigenvalue weighted by molar-refractivity contribution is 8.04. The number of nitrogens with one attached hydrogen (secondary N) is 1. The maximum Gasteiger partial charge on any atom is 0.333 e. The molecule has 0 saturated carbocycles. The van der Waals surface area contributed by atoms with E-state index in [0.29, 0.717) is 30.5 Å². The molecule has 2 aliphatic heterocycles. The number of carbonyl (C=O) groups is 2. The third-order valence-electron chi connectivity index (χ3n) is 5.10. The van der Waals surface area contributed by atoms with Gasteiger partial charge in [0.1, 0.15) is 5.75 Å². The fourth-order valence-corrected chi connectivity index (χ4v) is 4.59. The number of quaternary nitrogens is 1. The molecule has 2 heterocycles. The van der Waals surface area contributed by atoms with Gasteiger partial charge in [-0.1, -0.05) is 23.9 Å². The largest absolute Gasteiger partial charge is 0.492 e. The number of esters is 1. The first-order valence-corrected chi connectivity index (χ1v) is 11.2. The zero-order chi connectivity index (χ0) is 20.6. The highest BCUT2D eigenvalue weighted by atomic mass is 32.2. The van der Waals surface area contributed by atoms with Gasteiger partial charge in [-0.05, 0) is 26.0 Å². The second-order valence-electron chi connectivity index (χ2n) is 6.96. The molecule has 1 aromatic carbocycles. The third kappa shape index (κ3) is 5.67. The molecule has 2 saturated heterocycles. The minimum absolute atomic E-state index is 0.0641. The summed E-state index contributed by atoms with van der Waals surface area (Å²) in [4.78, 5) is 29.5. The minimum atomic E-state index is -0.386. The lowest BCUT2D eigenvalue weighted by atomic mass is 10.2. The molecule has 0 aliphatic carbocycles. The van der Waals surface area contributed by atoms with E-state index >= 15 is 0 Å². The number of anilines is 1. The maximum absolute atomic E-state index is 12.2. The molecule has 0 unspecified atom stereocenters. The summed E-state index contributed by atoms with van der Waals surface area (Å²) < 4.78 is 10.7. The summed E-state index contributed by atoms with van der Waals surface area (Å²) in [6, 6.07) is 8.18. The van der Waals surface area contributed by atoms with Crippen molar-refractivity contribution < 1.29 is 24.0 Å². The van der Waals surface area contributed by atoms with Crippen LogP contribution in [-0.4, -0.2) is 75.0 Å². The second kappa shape index (κ2) is 10.5. The molecule has 1 amide bonds. The SMILES string of the molecule is CCOC(=O)/C=C1\SCC(=O)N1CC[NH+]1CCN(c2ccccc2OCC)CC1. The molecule has 1 aromatic rings. The minimum Gasteiger partial charge on any atom is -0.492 e. The predicted molar refractivity (Wildman–Crippen MR) is 114 cm³/mol. The lowest BCUT2D eigenvalue weighted by Gasteiger charge is -2.35. The number of nitrogens with zero attached hydrogens (tertiary/aromatic N) is 2. The Bertz CT molecular complexity index is 747. The number of para-hydroxylation sites is 2. The fraction of sp³-hybridized carbons (Fsp3) is 0.524. The Hall–Kier alpha value is -2.19. The summed E-state index contributed by atoms with van der Waals surface area (Å²) in [6.07, 6.45) is 1.44. The van der Waals surface area contributed by atoms with Gasteiger partial charge in [0.05, 0.1) is 75.0 Å². The first-order chi connectivity index (χ1) is 14.1. The molecule has 8 heteroatoms. The molecule has 2 aliphatic rings. The first-order valence-electron chi connectivity index (χ1n) is 10.2. The number of ether oxygens (including phenoxy) is 2. The number of hydrogen-bond donors (Lipinski definition) is 1.